The van der Waals surface area contributed by atoms with Crippen molar-refractivity contribution in [2.75, 3.05) is 29.9 Å². The molecule has 0 bridgehead atoms. The van der Waals surface area contributed by atoms with Crippen LogP contribution in [0.4, 0.5) is 20.5 Å². The highest BCUT2D eigenvalue weighted by molar-refractivity contribution is 5.44. The zero-order valence-electron chi connectivity index (χ0n) is 14.0. The third kappa shape index (κ3) is 3.39. The maximum atomic E-state index is 12.9. The Morgan fingerprint density at radius 2 is 1.88 bits per heavy atom. The van der Waals surface area contributed by atoms with E-state index in [0.717, 1.165) is 42.9 Å². The monoisotopic (exact) mass is 360 g/mol. The molecule has 4 heterocycles. The summed E-state index contributed by atoms with van der Waals surface area (Å²) in [5.74, 6) is 1.33. The van der Waals surface area contributed by atoms with E-state index in [2.05, 4.69) is 35.5 Å². The molecule has 3 aromatic rings. The summed E-state index contributed by atoms with van der Waals surface area (Å²) in [5, 5.41) is 14.6. The van der Waals surface area contributed by atoms with Gasteiger partial charge in [-0.05, 0) is 37.0 Å². The van der Waals surface area contributed by atoms with Gasteiger partial charge < -0.3 is 10.2 Å². The molecule has 0 spiro atoms. The summed E-state index contributed by atoms with van der Waals surface area (Å²) in [6.45, 7) is 2.52. The Balaban J connectivity index is 1.35. The Bertz CT molecular complexity index is 861. The van der Waals surface area contributed by atoms with Crippen molar-refractivity contribution in [3.8, 4) is 0 Å². The van der Waals surface area contributed by atoms with Gasteiger partial charge in [0.05, 0.1) is 0 Å². The van der Waals surface area contributed by atoms with Gasteiger partial charge in [-0.3, -0.25) is 0 Å². The Morgan fingerprint density at radius 1 is 1.12 bits per heavy atom. The van der Waals surface area contributed by atoms with Crippen LogP contribution in [0.2, 0.25) is 0 Å². The lowest BCUT2D eigenvalue weighted by Crippen LogP contribution is -2.36. The number of alkyl halides is 2. The van der Waals surface area contributed by atoms with E-state index >= 15 is 0 Å². The highest BCUT2D eigenvalue weighted by atomic mass is 19.3. The van der Waals surface area contributed by atoms with Gasteiger partial charge in [0.2, 0.25) is 11.8 Å². The molecule has 1 aliphatic heterocycles. The molecule has 3 aromatic heterocycles. The van der Waals surface area contributed by atoms with Gasteiger partial charge in [0, 0.05) is 32.0 Å². The third-order valence-corrected chi connectivity index (χ3v) is 4.50. The fourth-order valence-electron chi connectivity index (χ4n) is 3.08. The fourth-order valence-corrected chi connectivity index (χ4v) is 3.08. The fraction of sp³-hybridized carbons (Fsp3) is 0.438. The van der Waals surface area contributed by atoms with Crippen LogP contribution < -0.4 is 10.2 Å². The number of halogens is 2. The minimum Gasteiger partial charge on any atom is -0.368 e. The molecule has 10 heteroatoms. The van der Waals surface area contributed by atoms with E-state index in [-0.39, 0.29) is 0 Å². The molecule has 0 unspecified atom stereocenters. The normalized spacial score (nSPS) is 15.7. The standard InChI is InChI=1S/C16H18F2N8/c17-14(18)15-23-22-13-3-2-12(24-26(13)15)21-10-11-4-8-25(9-5-11)16-19-6-1-7-20-16/h1-3,6-7,11,14H,4-5,8-10H2,(H,21,24). The van der Waals surface area contributed by atoms with Crippen molar-refractivity contribution >= 4 is 17.4 Å². The molecule has 0 atom stereocenters. The number of fused-ring (bicyclic) bond motifs is 1. The average Bonchev–Trinajstić information content (AvgIpc) is 3.11. The highest BCUT2D eigenvalue weighted by Crippen LogP contribution is 2.21. The van der Waals surface area contributed by atoms with E-state index in [1.54, 1.807) is 30.6 Å². The van der Waals surface area contributed by atoms with Gasteiger partial charge in [0.25, 0.3) is 6.43 Å². The molecule has 0 saturated carbocycles. The summed E-state index contributed by atoms with van der Waals surface area (Å²) in [7, 11) is 0. The van der Waals surface area contributed by atoms with Gasteiger partial charge in [-0.1, -0.05) is 0 Å². The molecule has 8 nitrogen and oxygen atoms in total. The van der Waals surface area contributed by atoms with Crippen molar-refractivity contribution in [1.82, 2.24) is 29.8 Å². The predicted molar refractivity (Wildman–Crippen MR) is 91.2 cm³/mol. The highest BCUT2D eigenvalue weighted by Gasteiger charge is 2.21. The van der Waals surface area contributed by atoms with Crippen molar-refractivity contribution in [2.45, 2.75) is 19.3 Å². The van der Waals surface area contributed by atoms with Crippen LogP contribution in [0.15, 0.2) is 30.6 Å². The Labute approximate surface area is 148 Å². The lowest BCUT2D eigenvalue weighted by Gasteiger charge is -2.32. The van der Waals surface area contributed by atoms with E-state index in [4.69, 9.17) is 0 Å². The number of nitrogens with zero attached hydrogens (tertiary/aromatic N) is 7. The maximum absolute atomic E-state index is 12.9. The first-order valence-electron chi connectivity index (χ1n) is 8.47. The predicted octanol–water partition coefficient (Wildman–Crippen LogP) is 2.18. The van der Waals surface area contributed by atoms with Crippen LogP contribution in [0.3, 0.4) is 0 Å². The SMILES string of the molecule is FC(F)c1nnc2ccc(NCC3CCN(c4ncccn4)CC3)nn12. The van der Waals surface area contributed by atoms with Crippen molar-refractivity contribution in [1.29, 1.82) is 0 Å². The second-order valence-electron chi connectivity index (χ2n) is 6.21. The van der Waals surface area contributed by atoms with Gasteiger partial charge in [-0.25, -0.2) is 18.7 Å². The summed E-state index contributed by atoms with van der Waals surface area (Å²) < 4.78 is 26.9. The number of aromatic nitrogens is 6. The quantitative estimate of drug-likeness (QED) is 0.746. The van der Waals surface area contributed by atoms with Gasteiger partial charge >= 0.3 is 0 Å². The van der Waals surface area contributed by atoms with E-state index in [0.29, 0.717) is 17.4 Å². The van der Waals surface area contributed by atoms with Crippen LogP contribution in [0, 0.1) is 5.92 Å². The largest absolute Gasteiger partial charge is 0.368 e. The van der Waals surface area contributed by atoms with Crippen LogP contribution in [0.25, 0.3) is 5.65 Å². The molecule has 0 amide bonds. The molecule has 1 aliphatic rings. The molecule has 0 aliphatic carbocycles. The molecular formula is C16H18F2N8. The summed E-state index contributed by atoms with van der Waals surface area (Å²) in [5.41, 5.74) is 0.307. The van der Waals surface area contributed by atoms with Crippen molar-refractivity contribution < 1.29 is 8.78 Å². The topological polar surface area (TPSA) is 84.1 Å². The molecule has 1 N–H and O–H groups in total. The van der Waals surface area contributed by atoms with Crippen LogP contribution in [0.5, 0.6) is 0 Å². The van der Waals surface area contributed by atoms with E-state index in [9.17, 15) is 8.78 Å². The number of piperidine rings is 1. The lowest BCUT2D eigenvalue weighted by atomic mass is 9.97. The molecule has 1 saturated heterocycles. The number of anilines is 2. The minimum absolute atomic E-state index is 0.307. The zero-order valence-corrected chi connectivity index (χ0v) is 14.0. The average molecular weight is 360 g/mol. The van der Waals surface area contributed by atoms with Gasteiger partial charge in [-0.2, -0.15) is 4.52 Å². The zero-order chi connectivity index (χ0) is 17.9. The second kappa shape index (κ2) is 7.14. The van der Waals surface area contributed by atoms with Crippen molar-refractivity contribution in [3.05, 3.63) is 36.4 Å². The van der Waals surface area contributed by atoms with Gasteiger partial charge in [0.15, 0.2) is 5.65 Å². The van der Waals surface area contributed by atoms with Crippen molar-refractivity contribution in [2.24, 2.45) is 5.92 Å². The molecule has 4 rings (SSSR count). The molecule has 136 valence electrons. The Morgan fingerprint density at radius 3 is 2.62 bits per heavy atom. The van der Waals surface area contributed by atoms with E-state index in [1.807, 2.05) is 0 Å². The van der Waals surface area contributed by atoms with Gasteiger partial charge in [-0.15, -0.1) is 15.3 Å². The first-order valence-corrected chi connectivity index (χ1v) is 8.47. The van der Waals surface area contributed by atoms with Crippen LogP contribution >= 0.6 is 0 Å². The first kappa shape index (κ1) is 16.6. The van der Waals surface area contributed by atoms with Crippen molar-refractivity contribution in [3.63, 3.8) is 0 Å². The number of rotatable bonds is 5. The smallest absolute Gasteiger partial charge is 0.299 e. The molecule has 1 fully saturated rings. The lowest BCUT2D eigenvalue weighted by molar-refractivity contribution is 0.137. The van der Waals surface area contributed by atoms with E-state index in [1.165, 1.54) is 0 Å². The summed E-state index contributed by atoms with van der Waals surface area (Å²) in [6.07, 6.45) is 2.79. The maximum Gasteiger partial charge on any atom is 0.299 e. The summed E-state index contributed by atoms with van der Waals surface area (Å²) in [4.78, 5) is 10.7. The van der Waals surface area contributed by atoms with Crippen LogP contribution in [-0.4, -0.2) is 49.4 Å². The molecule has 0 aromatic carbocycles. The van der Waals surface area contributed by atoms with E-state index < -0.39 is 12.2 Å². The molecule has 0 radical (unpaired) electrons. The number of hydrogen-bond acceptors (Lipinski definition) is 7. The number of nitrogens with one attached hydrogen (secondary N) is 1. The summed E-state index contributed by atoms with van der Waals surface area (Å²) >= 11 is 0. The number of hydrogen-bond donors (Lipinski definition) is 1. The minimum atomic E-state index is -2.71. The first-order chi connectivity index (χ1) is 12.7. The molecule has 26 heavy (non-hydrogen) atoms. The summed E-state index contributed by atoms with van der Waals surface area (Å²) in [6, 6.07) is 5.16. The second-order valence-corrected chi connectivity index (χ2v) is 6.21. The van der Waals surface area contributed by atoms with Gasteiger partial charge in [0.1, 0.15) is 5.82 Å². The Hall–Kier alpha value is -2.91. The Kier molecular flexibility index (Phi) is 4.55. The van der Waals surface area contributed by atoms with Crippen LogP contribution in [-0.2, 0) is 0 Å². The van der Waals surface area contributed by atoms with Crippen LogP contribution in [0.1, 0.15) is 25.1 Å². The third-order valence-electron chi connectivity index (χ3n) is 4.50. The molecular weight excluding hydrogens is 342 g/mol.